The van der Waals surface area contributed by atoms with Crippen molar-refractivity contribution in [2.45, 2.75) is 37.8 Å². The fourth-order valence-corrected chi connectivity index (χ4v) is 3.56. The van der Waals surface area contributed by atoms with E-state index in [4.69, 9.17) is 16.3 Å². The van der Waals surface area contributed by atoms with Crippen molar-refractivity contribution in [3.8, 4) is 0 Å². The third-order valence-corrected chi connectivity index (χ3v) is 5.62. The molecule has 2 atom stereocenters. The first-order valence-corrected chi connectivity index (χ1v) is 10.1. The van der Waals surface area contributed by atoms with E-state index in [1.54, 1.807) is 24.3 Å². The van der Waals surface area contributed by atoms with Crippen LogP contribution < -0.4 is 4.72 Å². The van der Waals surface area contributed by atoms with E-state index in [1.807, 2.05) is 6.92 Å². The number of aryl methyl sites for hydroxylation is 1. The molecule has 27 heavy (non-hydrogen) atoms. The number of carbonyl (C=O) groups excluding carboxylic acids is 2. The molecule has 2 aromatic rings. The van der Waals surface area contributed by atoms with Crippen molar-refractivity contribution >= 4 is 33.4 Å². The van der Waals surface area contributed by atoms with E-state index in [0.29, 0.717) is 10.6 Å². The fraction of sp³-hybridized carbons (Fsp3) is 0.263. The van der Waals surface area contributed by atoms with Crippen LogP contribution in [0.15, 0.2) is 53.4 Å². The van der Waals surface area contributed by atoms with Gasteiger partial charge in [0.25, 0.3) is 0 Å². The van der Waals surface area contributed by atoms with Crippen molar-refractivity contribution in [3.63, 3.8) is 0 Å². The summed E-state index contributed by atoms with van der Waals surface area (Å²) >= 11 is 5.78. The zero-order valence-corrected chi connectivity index (χ0v) is 16.7. The van der Waals surface area contributed by atoms with Gasteiger partial charge in [-0.15, -0.1) is 0 Å². The van der Waals surface area contributed by atoms with Gasteiger partial charge in [0.05, 0.1) is 4.90 Å². The number of hydrogen-bond donors (Lipinski definition) is 1. The number of halogens is 1. The van der Waals surface area contributed by atoms with Gasteiger partial charge >= 0.3 is 5.97 Å². The molecule has 1 N–H and O–H groups in total. The molecule has 0 bridgehead atoms. The predicted octanol–water partition coefficient (Wildman–Crippen LogP) is 3.13. The zero-order chi connectivity index (χ0) is 20.2. The smallest absolute Gasteiger partial charge is 0.324 e. The topological polar surface area (TPSA) is 89.5 Å². The Balaban J connectivity index is 2.01. The lowest BCUT2D eigenvalue weighted by molar-refractivity contribution is -0.147. The molecule has 144 valence electrons. The summed E-state index contributed by atoms with van der Waals surface area (Å²) in [5.41, 5.74) is 1.25. The molecule has 1 unspecified atom stereocenters. The number of carbonyl (C=O) groups is 2. The van der Waals surface area contributed by atoms with Crippen LogP contribution in [-0.2, 0) is 19.6 Å². The lowest BCUT2D eigenvalue weighted by Crippen LogP contribution is -2.41. The van der Waals surface area contributed by atoms with Gasteiger partial charge in [0.1, 0.15) is 6.04 Å². The number of hydrogen-bond acceptors (Lipinski definition) is 5. The Morgan fingerprint density at radius 3 is 2.11 bits per heavy atom. The van der Waals surface area contributed by atoms with Gasteiger partial charge in [-0.3, -0.25) is 9.59 Å². The van der Waals surface area contributed by atoms with E-state index in [0.717, 1.165) is 5.56 Å². The van der Waals surface area contributed by atoms with Crippen molar-refractivity contribution in [3.05, 3.63) is 64.7 Å². The Labute approximate surface area is 163 Å². The molecule has 6 nitrogen and oxygen atoms in total. The van der Waals surface area contributed by atoms with Crippen LogP contribution in [-0.4, -0.2) is 32.3 Å². The molecule has 0 radical (unpaired) electrons. The molecular formula is C19H20ClNO5S. The maximum Gasteiger partial charge on any atom is 0.324 e. The number of benzene rings is 2. The largest absolute Gasteiger partial charge is 0.453 e. The summed E-state index contributed by atoms with van der Waals surface area (Å²) in [7, 11) is -3.88. The molecule has 0 aliphatic heterocycles. The number of nitrogens with one attached hydrogen (secondary N) is 1. The average Bonchev–Trinajstić information content (AvgIpc) is 2.61. The molecule has 0 saturated heterocycles. The second kappa shape index (κ2) is 8.65. The van der Waals surface area contributed by atoms with E-state index in [-0.39, 0.29) is 4.90 Å². The second-order valence-corrected chi connectivity index (χ2v) is 8.26. The van der Waals surface area contributed by atoms with Crippen molar-refractivity contribution in [1.29, 1.82) is 0 Å². The number of rotatable bonds is 7. The van der Waals surface area contributed by atoms with Crippen molar-refractivity contribution in [2.24, 2.45) is 0 Å². The van der Waals surface area contributed by atoms with E-state index in [2.05, 4.69) is 4.72 Å². The molecule has 0 aromatic heterocycles. The minimum atomic E-state index is -3.88. The van der Waals surface area contributed by atoms with Gasteiger partial charge in [-0.25, -0.2) is 8.42 Å². The Hall–Kier alpha value is -2.22. The molecule has 0 heterocycles. The summed E-state index contributed by atoms with van der Waals surface area (Å²) in [6, 6.07) is 11.2. The van der Waals surface area contributed by atoms with Gasteiger partial charge in [0.2, 0.25) is 15.8 Å². The van der Waals surface area contributed by atoms with Crippen LogP contribution in [0.4, 0.5) is 0 Å². The SMILES string of the molecule is Cc1ccc(S(=O)(=O)N[C@@H](C)C(=O)OC(C)C(=O)c2ccc(Cl)cc2)cc1. The van der Waals surface area contributed by atoms with Gasteiger partial charge in [0.15, 0.2) is 6.10 Å². The maximum atomic E-state index is 12.3. The first kappa shape index (κ1) is 21.1. The second-order valence-electron chi connectivity index (χ2n) is 6.11. The van der Waals surface area contributed by atoms with Crippen molar-refractivity contribution in [1.82, 2.24) is 4.72 Å². The number of Topliss-reactive ketones (excluding diaryl/α,β-unsaturated/α-hetero) is 1. The first-order valence-electron chi connectivity index (χ1n) is 8.19. The molecule has 0 spiro atoms. The number of ketones is 1. The van der Waals surface area contributed by atoms with Crippen LogP contribution in [0.25, 0.3) is 0 Å². The molecule has 8 heteroatoms. The van der Waals surface area contributed by atoms with Gasteiger partial charge in [-0.05, 0) is 57.2 Å². The quantitative estimate of drug-likeness (QED) is 0.560. The van der Waals surface area contributed by atoms with Crippen LogP contribution in [0.5, 0.6) is 0 Å². The summed E-state index contributed by atoms with van der Waals surface area (Å²) in [4.78, 5) is 24.5. The Kier molecular flexibility index (Phi) is 6.75. The summed E-state index contributed by atoms with van der Waals surface area (Å²) in [5.74, 6) is -1.26. The molecule has 0 saturated carbocycles. The monoisotopic (exact) mass is 409 g/mol. The van der Waals surface area contributed by atoms with Gasteiger partial charge in [-0.2, -0.15) is 4.72 Å². The minimum Gasteiger partial charge on any atom is -0.453 e. The van der Waals surface area contributed by atoms with Crippen LogP contribution >= 0.6 is 11.6 Å². The number of ether oxygens (including phenoxy) is 1. The summed E-state index contributed by atoms with van der Waals surface area (Å²) in [5, 5.41) is 0.482. The highest BCUT2D eigenvalue weighted by Gasteiger charge is 2.26. The highest BCUT2D eigenvalue weighted by molar-refractivity contribution is 7.89. The molecule has 2 aromatic carbocycles. The molecule has 0 aliphatic carbocycles. The van der Waals surface area contributed by atoms with E-state index < -0.39 is 33.9 Å². The molecule has 2 rings (SSSR count). The molecule has 0 amide bonds. The standard InChI is InChI=1S/C19H20ClNO5S/c1-12-4-10-17(11-5-12)27(24,25)21-13(2)19(23)26-14(3)18(22)15-6-8-16(20)9-7-15/h4-11,13-14,21H,1-3H3/t13-,14?/m0/s1. The highest BCUT2D eigenvalue weighted by atomic mass is 35.5. The van der Waals surface area contributed by atoms with Crippen molar-refractivity contribution in [2.75, 3.05) is 0 Å². The van der Waals surface area contributed by atoms with Crippen LogP contribution in [0.2, 0.25) is 5.02 Å². The summed E-state index contributed by atoms with van der Waals surface area (Å²) in [6.45, 7) is 4.62. The van der Waals surface area contributed by atoms with E-state index >= 15 is 0 Å². The van der Waals surface area contributed by atoms with Crippen LogP contribution in [0, 0.1) is 6.92 Å². The molecule has 0 aliphatic rings. The zero-order valence-electron chi connectivity index (χ0n) is 15.1. The third-order valence-electron chi connectivity index (χ3n) is 3.81. The Morgan fingerprint density at radius 2 is 1.56 bits per heavy atom. The van der Waals surface area contributed by atoms with Gasteiger partial charge < -0.3 is 4.74 Å². The number of sulfonamides is 1. The summed E-state index contributed by atoms with van der Waals surface area (Å²) in [6.07, 6.45) is -1.06. The lowest BCUT2D eigenvalue weighted by Gasteiger charge is -2.17. The van der Waals surface area contributed by atoms with Crippen LogP contribution in [0.1, 0.15) is 29.8 Å². The molecular weight excluding hydrogens is 390 g/mol. The Bertz CT molecular complexity index is 924. The molecule has 0 fully saturated rings. The van der Waals surface area contributed by atoms with Gasteiger partial charge in [0, 0.05) is 10.6 Å². The van der Waals surface area contributed by atoms with Crippen LogP contribution in [0.3, 0.4) is 0 Å². The Morgan fingerprint density at radius 1 is 1.00 bits per heavy atom. The summed E-state index contributed by atoms with van der Waals surface area (Å²) < 4.78 is 32.0. The average molecular weight is 410 g/mol. The predicted molar refractivity (Wildman–Crippen MR) is 102 cm³/mol. The normalized spacial score (nSPS) is 13.6. The highest BCUT2D eigenvalue weighted by Crippen LogP contribution is 2.14. The van der Waals surface area contributed by atoms with E-state index in [1.165, 1.54) is 38.1 Å². The van der Waals surface area contributed by atoms with E-state index in [9.17, 15) is 18.0 Å². The number of esters is 1. The first-order chi connectivity index (χ1) is 12.6. The minimum absolute atomic E-state index is 0.0399. The van der Waals surface area contributed by atoms with Crippen molar-refractivity contribution < 1.29 is 22.7 Å². The third kappa shape index (κ3) is 5.63. The fourth-order valence-electron chi connectivity index (χ4n) is 2.24. The lowest BCUT2D eigenvalue weighted by atomic mass is 10.1. The van der Waals surface area contributed by atoms with Gasteiger partial charge in [-0.1, -0.05) is 29.3 Å². The maximum absolute atomic E-state index is 12.3.